The Kier molecular flexibility index (Phi) is 4.51. The summed E-state index contributed by atoms with van der Waals surface area (Å²) in [6, 6.07) is 10.2. The van der Waals surface area contributed by atoms with Crippen molar-refractivity contribution in [3.05, 3.63) is 48.6 Å². The Labute approximate surface area is 120 Å². The summed E-state index contributed by atoms with van der Waals surface area (Å²) >= 11 is 0. The van der Waals surface area contributed by atoms with Gasteiger partial charge < -0.3 is 14.2 Å². The molecule has 0 bridgehead atoms. The van der Waals surface area contributed by atoms with E-state index in [-0.39, 0.29) is 24.4 Å². The van der Waals surface area contributed by atoms with Crippen molar-refractivity contribution in [1.29, 1.82) is 0 Å². The fourth-order valence-corrected chi connectivity index (χ4v) is 2.99. The fourth-order valence-electron chi connectivity index (χ4n) is 2.99. The van der Waals surface area contributed by atoms with Crippen LogP contribution in [0.1, 0.15) is 24.8 Å². The molecular formula is C17H22O3. The van der Waals surface area contributed by atoms with Gasteiger partial charge in [-0.05, 0) is 18.4 Å². The highest BCUT2D eigenvalue weighted by Crippen LogP contribution is 2.31. The highest BCUT2D eigenvalue weighted by molar-refractivity contribution is 5.13. The van der Waals surface area contributed by atoms with Gasteiger partial charge in [-0.15, -0.1) is 6.58 Å². The molecule has 2 heterocycles. The Morgan fingerprint density at radius 2 is 2.10 bits per heavy atom. The molecule has 1 aromatic rings. The van der Waals surface area contributed by atoms with Crippen LogP contribution in [0.15, 0.2) is 43.0 Å². The van der Waals surface area contributed by atoms with Crippen LogP contribution >= 0.6 is 0 Å². The summed E-state index contributed by atoms with van der Waals surface area (Å²) in [5.74, 6) is 0. The van der Waals surface area contributed by atoms with Gasteiger partial charge in [-0.25, -0.2) is 0 Å². The smallest absolute Gasteiger partial charge is 0.102 e. The molecule has 0 aromatic heterocycles. The van der Waals surface area contributed by atoms with Gasteiger partial charge in [0.25, 0.3) is 0 Å². The van der Waals surface area contributed by atoms with Crippen molar-refractivity contribution in [2.24, 2.45) is 0 Å². The van der Waals surface area contributed by atoms with Gasteiger partial charge in [0.15, 0.2) is 0 Å². The van der Waals surface area contributed by atoms with Crippen molar-refractivity contribution >= 4 is 0 Å². The average Bonchev–Trinajstić information content (AvgIpc) is 2.53. The molecular weight excluding hydrogens is 252 g/mol. The molecule has 0 unspecified atom stereocenters. The molecule has 108 valence electrons. The molecule has 2 aliphatic rings. The van der Waals surface area contributed by atoms with E-state index in [9.17, 15) is 0 Å². The molecule has 4 atom stereocenters. The van der Waals surface area contributed by atoms with Gasteiger partial charge in [-0.3, -0.25) is 0 Å². The standard InChI is InChI=1S/C17H22O3/c1-2-14-16(19-12-13-7-4-3-5-8-13)11-17-15(20-14)9-6-10-18-17/h2-5,7-8,14-17H,1,6,9-12H2/t14-,15-,16+,17+/m0/s1. The predicted octanol–water partition coefficient (Wildman–Crippen LogP) is 3.09. The number of hydrogen-bond donors (Lipinski definition) is 0. The van der Waals surface area contributed by atoms with Crippen molar-refractivity contribution < 1.29 is 14.2 Å². The van der Waals surface area contributed by atoms with E-state index in [0.717, 1.165) is 25.9 Å². The van der Waals surface area contributed by atoms with Crippen molar-refractivity contribution in [3.63, 3.8) is 0 Å². The zero-order chi connectivity index (χ0) is 13.8. The average molecular weight is 274 g/mol. The van der Waals surface area contributed by atoms with E-state index in [1.165, 1.54) is 5.56 Å². The first-order valence-electron chi connectivity index (χ1n) is 7.42. The van der Waals surface area contributed by atoms with Crippen LogP contribution in [0.5, 0.6) is 0 Å². The van der Waals surface area contributed by atoms with Crippen LogP contribution < -0.4 is 0 Å². The zero-order valence-electron chi connectivity index (χ0n) is 11.7. The normalized spacial score (nSPS) is 33.4. The highest BCUT2D eigenvalue weighted by Gasteiger charge is 2.39. The van der Waals surface area contributed by atoms with Gasteiger partial charge in [-0.2, -0.15) is 0 Å². The third-order valence-corrected chi connectivity index (χ3v) is 4.08. The van der Waals surface area contributed by atoms with Crippen molar-refractivity contribution in [2.75, 3.05) is 6.61 Å². The maximum atomic E-state index is 6.07. The van der Waals surface area contributed by atoms with Crippen LogP contribution in [0.4, 0.5) is 0 Å². The maximum absolute atomic E-state index is 6.07. The Morgan fingerprint density at radius 1 is 1.25 bits per heavy atom. The van der Waals surface area contributed by atoms with E-state index in [1.807, 2.05) is 24.3 Å². The first-order valence-corrected chi connectivity index (χ1v) is 7.42. The number of ether oxygens (including phenoxy) is 3. The Hall–Kier alpha value is -1.16. The van der Waals surface area contributed by atoms with E-state index in [2.05, 4.69) is 18.7 Å². The summed E-state index contributed by atoms with van der Waals surface area (Å²) in [5, 5.41) is 0. The van der Waals surface area contributed by atoms with E-state index < -0.39 is 0 Å². The van der Waals surface area contributed by atoms with Crippen molar-refractivity contribution in [3.8, 4) is 0 Å². The molecule has 3 rings (SSSR count). The van der Waals surface area contributed by atoms with Gasteiger partial charge >= 0.3 is 0 Å². The van der Waals surface area contributed by atoms with E-state index in [4.69, 9.17) is 14.2 Å². The van der Waals surface area contributed by atoms with Crippen LogP contribution in [-0.2, 0) is 20.8 Å². The Bertz CT molecular complexity index is 431. The highest BCUT2D eigenvalue weighted by atomic mass is 16.6. The topological polar surface area (TPSA) is 27.7 Å². The molecule has 3 heteroatoms. The molecule has 1 aromatic carbocycles. The Morgan fingerprint density at radius 3 is 2.90 bits per heavy atom. The van der Waals surface area contributed by atoms with Crippen LogP contribution in [-0.4, -0.2) is 31.0 Å². The zero-order valence-corrected chi connectivity index (χ0v) is 11.7. The molecule has 0 radical (unpaired) electrons. The predicted molar refractivity (Wildman–Crippen MR) is 77.5 cm³/mol. The molecule has 2 saturated heterocycles. The first kappa shape index (κ1) is 13.8. The van der Waals surface area contributed by atoms with E-state index in [1.54, 1.807) is 0 Å². The van der Waals surface area contributed by atoms with E-state index in [0.29, 0.717) is 6.61 Å². The van der Waals surface area contributed by atoms with Crippen molar-refractivity contribution in [2.45, 2.75) is 50.3 Å². The molecule has 0 saturated carbocycles. The van der Waals surface area contributed by atoms with Gasteiger partial charge in [0.05, 0.1) is 24.9 Å². The minimum absolute atomic E-state index is 0.0262. The second-order valence-corrected chi connectivity index (χ2v) is 5.50. The molecule has 3 nitrogen and oxygen atoms in total. The van der Waals surface area contributed by atoms with Gasteiger partial charge in [0.1, 0.15) is 6.10 Å². The van der Waals surface area contributed by atoms with Crippen LogP contribution in [0.3, 0.4) is 0 Å². The second-order valence-electron chi connectivity index (χ2n) is 5.50. The quantitative estimate of drug-likeness (QED) is 0.790. The lowest BCUT2D eigenvalue weighted by molar-refractivity contribution is -0.202. The van der Waals surface area contributed by atoms with Crippen LogP contribution in [0, 0.1) is 0 Å². The summed E-state index contributed by atoms with van der Waals surface area (Å²) in [5.41, 5.74) is 1.18. The lowest BCUT2D eigenvalue weighted by Gasteiger charge is -2.42. The van der Waals surface area contributed by atoms with Gasteiger partial charge in [0, 0.05) is 13.0 Å². The first-order chi connectivity index (χ1) is 9.86. The Balaban J connectivity index is 1.60. The number of hydrogen-bond acceptors (Lipinski definition) is 3. The van der Waals surface area contributed by atoms with E-state index >= 15 is 0 Å². The number of fused-ring (bicyclic) bond motifs is 1. The minimum Gasteiger partial charge on any atom is -0.375 e. The molecule has 20 heavy (non-hydrogen) atoms. The summed E-state index contributed by atoms with van der Waals surface area (Å²) in [7, 11) is 0. The number of benzene rings is 1. The maximum Gasteiger partial charge on any atom is 0.102 e. The van der Waals surface area contributed by atoms with Gasteiger partial charge in [0.2, 0.25) is 0 Å². The molecule has 2 aliphatic heterocycles. The van der Waals surface area contributed by atoms with Crippen LogP contribution in [0.25, 0.3) is 0 Å². The van der Waals surface area contributed by atoms with Crippen LogP contribution in [0.2, 0.25) is 0 Å². The summed E-state index contributed by atoms with van der Waals surface area (Å²) in [6.45, 7) is 5.33. The number of rotatable bonds is 4. The molecule has 0 aliphatic carbocycles. The largest absolute Gasteiger partial charge is 0.375 e. The summed E-state index contributed by atoms with van der Waals surface area (Å²) in [6.07, 6.45) is 5.33. The monoisotopic (exact) mass is 274 g/mol. The lowest BCUT2D eigenvalue weighted by atomic mass is 9.93. The lowest BCUT2D eigenvalue weighted by Crippen LogP contribution is -2.50. The SMILES string of the molecule is C=C[C@@H]1O[C@H]2CCCO[C@@H]2C[C@H]1OCc1ccccc1. The molecule has 0 spiro atoms. The van der Waals surface area contributed by atoms with Gasteiger partial charge in [-0.1, -0.05) is 36.4 Å². The summed E-state index contributed by atoms with van der Waals surface area (Å²) < 4.78 is 17.9. The minimum atomic E-state index is -0.0262. The van der Waals surface area contributed by atoms with Crippen molar-refractivity contribution in [1.82, 2.24) is 0 Å². The summed E-state index contributed by atoms with van der Waals surface area (Å²) in [4.78, 5) is 0. The third kappa shape index (κ3) is 3.11. The molecule has 2 fully saturated rings. The third-order valence-electron chi connectivity index (χ3n) is 4.08. The second kappa shape index (κ2) is 6.53. The molecule has 0 N–H and O–H groups in total. The fraction of sp³-hybridized carbons (Fsp3) is 0.529. The molecule has 0 amide bonds.